The van der Waals surface area contributed by atoms with Crippen molar-refractivity contribution in [1.29, 1.82) is 0 Å². The van der Waals surface area contributed by atoms with E-state index < -0.39 is 0 Å². The van der Waals surface area contributed by atoms with E-state index in [0.717, 1.165) is 24.5 Å². The summed E-state index contributed by atoms with van der Waals surface area (Å²) >= 11 is 3.19. The van der Waals surface area contributed by atoms with Gasteiger partial charge in [-0.05, 0) is 60.8 Å². The molecule has 0 bridgehead atoms. The minimum Gasteiger partial charge on any atom is -0.356 e. The molecule has 0 unspecified atom stereocenters. The van der Waals surface area contributed by atoms with Crippen LogP contribution < -0.4 is 10.6 Å². The Morgan fingerprint density at radius 2 is 2.05 bits per heavy atom. The summed E-state index contributed by atoms with van der Waals surface area (Å²) in [5.74, 6) is 0.538. The topological polar surface area (TPSA) is 36.4 Å². The van der Waals surface area contributed by atoms with E-state index in [2.05, 4.69) is 52.3 Å². The number of nitrogens with zero attached hydrogens (tertiary/aromatic N) is 1. The number of guanidine groups is 1. The molecule has 5 heteroatoms. The zero-order chi connectivity index (χ0) is 14.5. The fourth-order valence-electron chi connectivity index (χ4n) is 1.55. The van der Waals surface area contributed by atoms with Gasteiger partial charge in [0.1, 0.15) is 5.82 Å². The summed E-state index contributed by atoms with van der Waals surface area (Å²) < 4.78 is 13.6. The summed E-state index contributed by atoms with van der Waals surface area (Å²) in [7, 11) is 1.75. The third-order valence-corrected chi connectivity index (χ3v) is 3.01. The van der Waals surface area contributed by atoms with Crippen molar-refractivity contribution in [3.8, 4) is 0 Å². The maximum atomic E-state index is 13.1. The standard InChI is InChI=1S/C14H21BrFN3/c1-14(2,3)19-13(17-4)18-8-7-10-5-6-12(16)11(15)9-10/h5-6,9H,7-8H2,1-4H3,(H2,17,18,19). The number of rotatable bonds is 3. The molecule has 0 amide bonds. The molecule has 1 rings (SSSR count). The molecule has 0 radical (unpaired) electrons. The number of nitrogens with one attached hydrogen (secondary N) is 2. The molecule has 0 aliphatic heterocycles. The highest BCUT2D eigenvalue weighted by Crippen LogP contribution is 2.16. The fraction of sp³-hybridized carbons (Fsp3) is 0.500. The predicted octanol–water partition coefficient (Wildman–Crippen LogP) is 3.09. The van der Waals surface area contributed by atoms with Crippen molar-refractivity contribution in [3.63, 3.8) is 0 Å². The summed E-state index contributed by atoms with van der Waals surface area (Å²) in [5, 5.41) is 6.52. The average molecular weight is 330 g/mol. The van der Waals surface area contributed by atoms with E-state index in [1.807, 2.05) is 0 Å². The van der Waals surface area contributed by atoms with Gasteiger partial charge in [-0.1, -0.05) is 6.07 Å². The van der Waals surface area contributed by atoms with E-state index >= 15 is 0 Å². The van der Waals surface area contributed by atoms with E-state index in [1.165, 1.54) is 6.07 Å². The molecule has 1 aromatic carbocycles. The number of benzene rings is 1. The number of hydrogen-bond acceptors (Lipinski definition) is 1. The molecule has 0 atom stereocenters. The van der Waals surface area contributed by atoms with Crippen molar-refractivity contribution in [2.24, 2.45) is 4.99 Å². The van der Waals surface area contributed by atoms with Crippen LogP contribution in [0.1, 0.15) is 26.3 Å². The van der Waals surface area contributed by atoms with Gasteiger partial charge >= 0.3 is 0 Å². The van der Waals surface area contributed by atoms with E-state index in [0.29, 0.717) is 4.47 Å². The van der Waals surface area contributed by atoms with Gasteiger partial charge in [-0.2, -0.15) is 0 Å². The molecule has 0 aliphatic rings. The summed E-state index contributed by atoms with van der Waals surface area (Å²) in [6.45, 7) is 6.98. The Labute approximate surface area is 122 Å². The van der Waals surface area contributed by atoms with E-state index in [1.54, 1.807) is 19.2 Å². The van der Waals surface area contributed by atoms with Crippen molar-refractivity contribution in [2.75, 3.05) is 13.6 Å². The van der Waals surface area contributed by atoms with Crippen LogP contribution in [0.2, 0.25) is 0 Å². The molecule has 0 heterocycles. The highest BCUT2D eigenvalue weighted by molar-refractivity contribution is 9.10. The second-order valence-corrected chi connectivity index (χ2v) is 6.23. The third-order valence-electron chi connectivity index (χ3n) is 2.41. The summed E-state index contributed by atoms with van der Waals surface area (Å²) in [6, 6.07) is 5.07. The molecule has 1 aromatic rings. The maximum Gasteiger partial charge on any atom is 0.191 e. The van der Waals surface area contributed by atoms with Crippen LogP contribution in [0.4, 0.5) is 4.39 Å². The van der Waals surface area contributed by atoms with E-state index in [-0.39, 0.29) is 11.4 Å². The van der Waals surface area contributed by atoms with Crippen LogP contribution in [-0.4, -0.2) is 25.1 Å². The predicted molar refractivity (Wildman–Crippen MR) is 82.1 cm³/mol. The maximum absolute atomic E-state index is 13.1. The van der Waals surface area contributed by atoms with Crippen LogP contribution in [-0.2, 0) is 6.42 Å². The first-order valence-electron chi connectivity index (χ1n) is 6.24. The largest absolute Gasteiger partial charge is 0.356 e. The van der Waals surface area contributed by atoms with Gasteiger partial charge in [-0.25, -0.2) is 4.39 Å². The zero-order valence-electron chi connectivity index (χ0n) is 11.8. The molecule has 0 aliphatic carbocycles. The first-order valence-corrected chi connectivity index (χ1v) is 7.04. The van der Waals surface area contributed by atoms with Gasteiger partial charge in [0.2, 0.25) is 0 Å². The Hall–Kier alpha value is -1.10. The zero-order valence-corrected chi connectivity index (χ0v) is 13.4. The molecule has 0 saturated heterocycles. The summed E-state index contributed by atoms with van der Waals surface area (Å²) in [4.78, 5) is 4.16. The minimum absolute atomic E-state index is 0.0270. The molecule has 0 fully saturated rings. The lowest BCUT2D eigenvalue weighted by atomic mass is 10.1. The third kappa shape index (κ3) is 6.05. The van der Waals surface area contributed by atoms with Crippen LogP contribution in [0.3, 0.4) is 0 Å². The van der Waals surface area contributed by atoms with Crippen molar-refractivity contribution in [2.45, 2.75) is 32.7 Å². The average Bonchev–Trinajstić information content (AvgIpc) is 2.31. The van der Waals surface area contributed by atoms with Crippen molar-refractivity contribution < 1.29 is 4.39 Å². The van der Waals surface area contributed by atoms with Gasteiger partial charge in [0.15, 0.2) is 5.96 Å². The molecule has 0 saturated carbocycles. The second-order valence-electron chi connectivity index (χ2n) is 5.37. The Morgan fingerprint density at radius 3 is 2.58 bits per heavy atom. The Kier molecular flexibility index (Phi) is 5.79. The van der Waals surface area contributed by atoms with Crippen molar-refractivity contribution in [1.82, 2.24) is 10.6 Å². The summed E-state index contributed by atoms with van der Waals surface area (Å²) in [6.07, 6.45) is 0.809. The Morgan fingerprint density at radius 1 is 1.37 bits per heavy atom. The smallest absolute Gasteiger partial charge is 0.191 e. The quantitative estimate of drug-likeness (QED) is 0.660. The first-order chi connectivity index (χ1) is 8.81. The molecule has 2 N–H and O–H groups in total. The molecular weight excluding hydrogens is 309 g/mol. The van der Waals surface area contributed by atoms with Crippen LogP contribution >= 0.6 is 15.9 Å². The number of aliphatic imine (C=N–C) groups is 1. The number of hydrogen-bond donors (Lipinski definition) is 2. The van der Waals surface area contributed by atoms with E-state index in [4.69, 9.17) is 0 Å². The molecule has 0 spiro atoms. The Bertz CT molecular complexity index is 452. The van der Waals surface area contributed by atoms with E-state index in [9.17, 15) is 4.39 Å². The molecular formula is C14H21BrFN3. The van der Waals surface area contributed by atoms with Gasteiger partial charge in [0.05, 0.1) is 4.47 Å². The molecule has 3 nitrogen and oxygen atoms in total. The van der Waals surface area contributed by atoms with Gasteiger partial charge in [0.25, 0.3) is 0 Å². The fourth-order valence-corrected chi connectivity index (χ4v) is 1.98. The van der Waals surface area contributed by atoms with Gasteiger partial charge < -0.3 is 10.6 Å². The monoisotopic (exact) mass is 329 g/mol. The van der Waals surface area contributed by atoms with Gasteiger partial charge in [0, 0.05) is 19.1 Å². The lowest BCUT2D eigenvalue weighted by Gasteiger charge is -2.23. The highest BCUT2D eigenvalue weighted by atomic mass is 79.9. The SMILES string of the molecule is CN=C(NCCc1ccc(F)c(Br)c1)NC(C)(C)C. The van der Waals surface area contributed by atoms with Crippen molar-refractivity contribution in [3.05, 3.63) is 34.1 Å². The normalized spacial score (nSPS) is 12.4. The number of halogens is 2. The molecule has 0 aromatic heterocycles. The summed E-state index contributed by atoms with van der Waals surface area (Å²) in [5.41, 5.74) is 1.05. The molecule has 106 valence electrons. The molecule has 19 heavy (non-hydrogen) atoms. The lowest BCUT2D eigenvalue weighted by molar-refractivity contribution is 0.501. The van der Waals surface area contributed by atoms with Gasteiger partial charge in [-0.3, -0.25) is 4.99 Å². The first kappa shape index (κ1) is 16.0. The minimum atomic E-state index is -0.234. The highest BCUT2D eigenvalue weighted by Gasteiger charge is 2.11. The second kappa shape index (κ2) is 6.89. The van der Waals surface area contributed by atoms with Crippen LogP contribution in [0, 0.1) is 5.82 Å². The lowest BCUT2D eigenvalue weighted by Crippen LogP contribution is -2.48. The van der Waals surface area contributed by atoms with Crippen LogP contribution in [0.15, 0.2) is 27.7 Å². The van der Waals surface area contributed by atoms with Crippen LogP contribution in [0.5, 0.6) is 0 Å². The van der Waals surface area contributed by atoms with Gasteiger partial charge in [-0.15, -0.1) is 0 Å². The van der Waals surface area contributed by atoms with Crippen molar-refractivity contribution >= 4 is 21.9 Å². The Balaban J connectivity index is 2.47. The van der Waals surface area contributed by atoms with Crippen LogP contribution in [0.25, 0.3) is 0 Å².